The summed E-state index contributed by atoms with van der Waals surface area (Å²) in [6.07, 6.45) is 2.07. The van der Waals surface area contributed by atoms with Crippen molar-refractivity contribution < 1.29 is 0 Å². The van der Waals surface area contributed by atoms with Crippen LogP contribution in [0, 0.1) is 18.3 Å². The molecule has 1 N–H and O–H groups in total. The number of nitriles is 1. The number of aryl methyl sites for hydroxylation is 1. The van der Waals surface area contributed by atoms with Crippen LogP contribution in [0.4, 0.5) is 0 Å². The average Bonchev–Trinajstić information content (AvgIpc) is 3.04. The normalized spacial score (nSPS) is 10.8. The van der Waals surface area contributed by atoms with Crippen molar-refractivity contribution in [2.24, 2.45) is 0 Å². The Morgan fingerprint density at radius 1 is 1.08 bits per heavy atom. The van der Waals surface area contributed by atoms with Crippen LogP contribution in [0.15, 0.2) is 71.7 Å². The van der Waals surface area contributed by atoms with Crippen molar-refractivity contribution in [2.75, 3.05) is 0 Å². The fraction of sp³-hybridized carbons (Fsp3) is 0.0909. The maximum absolute atomic E-state index is 12.1. The molecule has 2 heterocycles. The van der Waals surface area contributed by atoms with Gasteiger partial charge in [0.1, 0.15) is 11.6 Å². The number of hydrogen-bond donors (Lipinski definition) is 1. The van der Waals surface area contributed by atoms with E-state index < -0.39 is 0 Å². The highest BCUT2D eigenvalue weighted by Gasteiger charge is 2.11. The summed E-state index contributed by atoms with van der Waals surface area (Å²) < 4.78 is 2.20. The molecule has 0 atom stereocenters. The van der Waals surface area contributed by atoms with E-state index >= 15 is 0 Å². The molecule has 0 fully saturated rings. The second-order valence-corrected chi connectivity index (χ2v) is 6.38. The van der Waals surface area contributed by atoms with Crippen LogP contribution >= 0.6 is 0 Å². The zero-order valence-electron chi connectivity index (χ0n) is 14.4. The highest BCUT2D eigenvalue weighted by Crippen LogP contribution is 2.27. The Bertz CT molecular complexity index is 1190. The molecular formula is C22H17N3O. The number of aromatic amines is 1. The molecule has 26 heavy (non-hydrogen) atoms. The predicted octanol–water partition coefficient (Wildman–Crippen LogP) is 4.23. The molecule has 4 heteroatoms. The van der Waals surface area contributed by atoms with E-state index in [0.29, 0.717) is 5.56 Å². The van der Waals surface area contributed by atoms with E-state index in [9.17, 15) is 10.1 Å². The molecule has 0 aliphatic rings. The summed E-state index contributed by atoms with van der Waals surface area (Å²) >= 11 is 0. The molecule has 126 valence electrons. The van der Waals surface area contributed by atoms with Gasteiger partial charge in [0.15, 0.2) is 0 Å². The summed E-state index contributed by atoms with van der Waals surface area (Å²) in [4.78, 5) is 14.7. The first-order chi connectivity index (χ1) is 12.7. The lowest BCUT2D eigenvalue weighted by atomic mass is 10.00. The molecule has 0 spiro atoms. The molecule has 4 rings (SSSR count). The summed E-state index contributed by atoms with van der Waals surface area (Å²) in [7, 11) is 0. The maximum Gasteiger partial charge on any atom is 0.266 e. The molecule has 0 saturated heterocycles. The van der Waals surface area contributed by atoms with Crippen molar-refractivity contribution in [1.29, 1.82) is 5.26 Å². The van der Waals surface area contributed by atoms with Crippen molar-refractivity contribution in [3.05, 3.63) is 94.0 Å². The Balaban J connectivity index is 1.79. The van der Waals surface area contributed by atoms with Crippen molar-refractivity contribution in [1.82, 2.24) is 9.55 Å². The van der Waals surface area contributed by atoms with Crippen LogP contribution in [-0.4, -0.2) is 9.55 Å². The number of rotatable bonds is 3. The Hall–Kier alpha value is -3.58. The first-order valence-electron chi connectivity index (χ1n) is 8.43. The lowest BCUT2D eigenvalue weighted by Crippen LogP contribution is -2.12. The minimum absolute atomic E-state index is 0.152. The zero-order valence-corrected chi connectivity index (χ0v) is 14.4. The largest absolute Gasteiger partial charge is 0.343 e. The third-order valence-corrected chi connectivity index (χ3v) is 4.56. The molecule has 0 aliphatic heterocycles. The number of fused-ring (bicyclic) bond motifs is 1. The van der Waals surface area contributed by atoms with E-state index in [-0.39, 0.29) is 11.1 Å². The fourth-order valence-electron chi connectivity index (χ4n) is 3.31. The van der Waals surface area contributed by atoms with Crippen LogP contribution in [0.5, 0.6) is 0 Å². The molecule has 4 aromatic rings. The van der Waals surface area contributed by atoms with Crippen molar-refractivity contribution in [2.45, 2.75) is 13.5 Å². The second kappa shape index (κ2) is 6.38. The summed E-state index contributed by atoms with van der Waals surface area (Å²) in [5, 5.41) is 10.4. The SMILES string of the molecule is Cc1cc(-c2ccc3c(ccn3Cc3ccccc3)c2)c(C#N)c(=O)[nH]1. The van der Waals surface area contributed by atoms with Gasteiger partial charge in [-0.3, -0.25) is 4.79 Å². The number of benzene rings is 2. The lowest BCUT2D eigenvalue weighted by molar-refractivity contribution is 0.837. The van der Waals surface area contributed by atoms with Gasteiger partial charge >= 0.3 is 0 Å². The van der Waals surface area contributed by atoms with E-state index in [1.165, 1.54) is 5.56 Å². The summed E-state index contributed by atoms with van der Waals surface area (Å²) in [6.45, 7) is 2.62. The average molecular weight is 339 g/mol. The van der Waals surface area contributed by atoms with Gasteiger partial charge in [0.05, 0.1) is 0 Å². The molecule has 0 bridgehead atoms. The number of hydrogen-bond acceptors (Lipinski definition) is 2. The third kappa shape index (κ3) is 2.80. The Kier molecular flexibility index (Phi) is 3.91. The van der Waals surface area contributed by atoms with Gasteiger partial charge < -0.3 is 9.55 Å². The second-order valence-electron chi connectivity index (χ2n) is 6.38. The van der Waals surface area contributed by atoms with Gasteiger partial charge in [-0.05, 0) is 42.3 Å². The Labute approximate surface area is 151 Å². The number of nitrogens with zero attached hydrogens (tertiary/aromatic N) is 2. The van der Waals surface area contributed by atoms with E-state index in [1.807, 2.05) is 55.5 Å². The number of pyridine rings is 1. The van der Waals surface area contributed by atoms with Crippen LogP contribution in [0.2, 0.25) is 0 Å². The van der Waals surface area contributed by atoms with Gasteiger partial charge in [0.2, 0.25) is 0 Å². The smallest absolute Gasteiger partial charge is 0.266 e. The standard InChI is InChI=1S/C22H17N3O/c1-15-11-19(20(13-23)22(26)24-15)17-7-8-21-18(12-17)9-10-25(21)14-16-5-3-2-4-6-16/h2-12H,14H2,1H3,(H,24,26). The molecule has 0 unspecified atom stereocenters. The van der Waals surface area contributed by atoms with Crippen molar-refractivity contribution in [3.63, 3.8) is 0 Å². The van der Waals surface area contributed by atoms with Gasteiger partial charge in [-0.2, -0.15) is 5.26 Å². The molecule has 0 saturated carbocycles. The number of aromatic nitrogens is 2. The molecular weight excluding hydrogens is 322 g/mol. The monoisotopic (exact) mass is 339 g/mol. The Morgan fingerprint density at radius 2 is 1.88 bits per heavy atom. The van der Waals surface area contributed by atoms with E-state index in [4.69, 9.17) is 0 Å². The minimum Gasteiger partial charge on any atom is -0.343 e. The van der Waals surface area contributed by atoms with Crippen molar-refractivity contribution in [3.8, 4) is 17.2 Å². The quantitative estimate of drug-likeness (QED) is 0.607. The van der Waals surface area contributed by atoms with Crippen LogP contribution in [0.3, 0.4) is 0 Å². The third-order valence-electron chi connectivity index (χ3n) is 4.56. The van der Waals surface area contributed by atoms with Gasteiger partial charge in [-0.25, -0.2) is 0 Å². The molecule has 0 radical (unpaired) electrons. The molecule has 2 aromatic carbocycles. The number of H-pyrrole nitrogens is 1. The number of nitrogens with one attached hydrogen (secondary N) is 1. The summed E-state index contributed by atoms with van der Waals surface area (Å²) in [5.74, 6) is 0. The Morgan fingerprint density at radius 3 is 2.65 bits per heavy atom. The van der Waals surface area contributed by atoms with Gasteiger partial charge in [0, 0.05) is 34.9 Å². The van der Waals surface area contributed by atoms with E-state index in [2.05, 4.69) is 33.9 Å². The van der Waals surface area contributed by atoms with Crippen molar-refractivity contribution >= 4 is 10.9 Å². The maximum atomic E-state index is 12.1. The summed E-state index contributed by atoms with van der Waals surface area (Å²) in [6, 6.07) is 22.3. The van der Waals surface area contributed by atoms with E-state index in [0.717, 1.165) is 28.7 Å². The van der Waals surface area contributed by atoms with Crippen LogP contribution in [0.1, 0.15) is 16.8 Å². The highest BCUT2D eigenvalue weighted by molar-refractivity contribution is 5.86. The molecule has 0 aliphatic carbocycles. The van der Waals surface area contributed by atoms with Gasteiger partial charge in [-0.1, -0.05) is 36.4 Å². The minimum atomic E-state index is -0.343. The van der Waals surface area contributed by atoms with Crippen LogP contribution < -0.4 is 5.56 Å². The van der Waals surface area contributed by atoms with Crippen LogP contribution in [-0.2, 0) is 6.54 Å². The van der Waals surface area contributed by atoms with Gasteiger partial charge in [-0.15, -0.1) is 0 Å². The topological polar surface area (TPSA) is 61.6 Å². The first kappa shape index (κ1) is 15.9. The molecule has 4 nitrogen and oxygen atoms in total. The van der Waals surface area contributed by atoms with Crippen LogP contribution in [0.25, 0.3) is 22.0 Å². The zero-order chi connectivity index (χ0) is 18.1. The highest BCUT2D eigenvalue weighted by atomic mass is 16.1. The molecule has 2 aromatic heterocycles. The lowest BCUT2D eigenvalue weighted by Gasteiger charge is -2.08. The van der Waals surface area contributed by atoms with E-state index in [1.54, 1.807) is 0 Å². The predicted molar refractivity (Wildman–Crippen MR) is 103 cm³/mol. The fourth-order valence-corrected chi connectivity index (χ4v) is 3.31. The summed E-state index contributed by atoms with van der Waals surface area (Å²) in [5.41, 5.74) is 4.46. The first-order valence-corrected chi connectivity index (χ1v) is 8.43. The molecule has 0 amide bonds. The van der Waals surface area contributed by atoms with Gasteiger partial charge in [0.25, 0.3) is 5.56 Å².